The van der Waals surface area contributed by atoms with Crippen LogP contribution in [0.3, 0.4) is 0 Å². The molecule has 0 radical (unpaired) electrons. The van der Waals surface area contributed by atoms with Crippen molar-refractivity contribution in [3.8, 4) is 11.5 Å². The maximum atomic E-state index is 11.7. The number of rotatable bonds is 3. The Morgan fingerprint density at radius 2 is 1.83 bits per heavy atom. The van der Waals surface area contributed by atoms with Crippen molar-refractivity contribution in [1.82, 2.24) is 0 Å². The van der Waals surface area contributed by atoms with E-state index in [0.29, 0.717) is 22.2 Å². The van der Waals surface area contributed by atoms with Gasteiger partial charge in [-0.25, -0.2) is 4.79 Å². The first-order chi connectivity index (χ1) is 10.7. The van der Waals surface area contributed by atoms with E-state index in [-0.39, 0.29) is 0 Å². The molecule has 0 bridgehead atoms. The molecule has 2 aromatic carbocycles. The Kier molecular flexibility index (Phi) is 5.55. The summed E-state index contributed by atoms with van der Waals surface area (Å²) < 4.78 is 11.8. The van der Waals surface area contributed by atoms with Gasteiger partial charge in [-0.1, -0.05) is 23.7 Å². The number of benzene rings is 2. The summed E-state index contributed by atoms with van der Waals surface area (Å²) in [4.78, 5) is 11.7. The van der Waals surface area contributed by atoms with Crippen LogP contribution in [0.1, 0.15) is 20.8 Å². The van der Waals surface area contributed by atoms with Gasteiger partial charge in [0.2, 0.25) is 0 Å². The smallest absolute Gasteiger partial charge is 0.412 e. The normalized spacial score (nSPS) is 11.0. The standard InChI is InChI=1S/C17H17BrClNO3/c1-17(2,3)23-16(21)20-11-8-9-15(13(19)10-11)22-14-7-5-4-6-12(14)18/h4-10H,1-3H3,(H,20,21). The number of hydrogen-bond donors (Lipinski definition) is 1. The highest BCUT2D eigenvalue weighted by Crippen LogP contribution is 2.34. The van der Waals surface area contributed by atoms with E-state index in [0.717, 1.165) is 4.47 Å². The summed E-state index contributed by atoms with van der Waals surface area (Å²) in [6, 6.07) is 12.5. The quantitative estimate of drug-likeness (QED) is 0.665. The molecule has 0 fully saturated rings. The molecule has 0 aliphatic heterocycles. The van der Waals surface area contributed by atoms with Gasteiger partial charge in [-0.05, 0) is 67.0 Å². The van der Waals surface area contributed by atoms with Crippen LogP contribution in [0.15, 0.2) is 46.9 Å². The molecule has 0 aromatic heterocycles. The van der Waals surface area contributed by atoms with Crippen LogP contribution >= 0.6 is 27.5 Å². The summed E-state index contributed by atoms with van der Waals surface area (Å²) in [6.07, 6.45) is -0.534. The van der Waals surface area contributed by atoms with Crippen LogP contribution in [0.4, 0.5) is 10.5 Å². The molecule has 0 spiro atoms. The lowest BCUT2D eigenvalue weighted by molar-refractivity contribution is 0.0636. The maximum Gasteiger partial charge on any atom is 0.412 e. The molecule has 122 valence electrons. The molecule has 0 atom stereocenters. The zero-order valence-electron chi connectivity index (χ0n) is 13.0. The van der Waals surface area contributed by atoms with Gasteiger partial charge in [-0.15, -0.1) is 0 Å². The molecule has 1 N–H and O–H groups in total. The molecule has 23 heavy (non-hydrogen) atoms. The Morgan fingerprint density at radius 3 is 2.43 bits per heavy atom. The average molecular weight is 399 g/mol. The van der Waals surface area contributed by atoms with E-state index in [2.05, 4.69) is 21.2 Å². The molecule has 6 heteroatoms. The molecule has 2 rings (SSSR count). The first-order valence-electron chi connectivity index (χ1n) is 6.96. The fourth-order valence-electron chi connectivity index (χ4n) is 1.73. The van der Waals surface area contributed by atoms with Crippen LogP contribution in [0.2, 0.25) is 5.02 Å². The van der Waals surface area contributed by atoms with E-state index in [1.54, 1.807) is 39.0 Å². The average Bonchev–Trinajstić information content (AvgIpc) is 2.42. The zero-order chi connectivity index (χ0) is 17.0. The van der Waals surface area contributed by atoms with Crippen LogP contribution in [-0.2, 0) is 4.74 Å². The van der Waals surface area contributed by atoms with Gasteiger partial charge in [0.05, 0.1) is 9.50 Å². The van der Waals surface area contributed by atoms with Gasteiger partial charge in [0.1, 0.15) is 17.1 Å². The molecule has 4 nitrogen and oxygen atoms in total. The van der Waals surface area contributed by atoms with E-state index in [1.807, 2.05) is 24.3 Å². The van der Waals surface area contributed by atoms with Gasteiger partial charge >= 0.3 is 6.09 Å². The van der Waals surface area contributed by atoms with Crippen molar-refractivity contribution in [2.24, 2.45) is 0 Å². The molecular weight excluding hydrogens is 382 g/mol. The lowest BCUT2D eigenvalue weighted by atomic mass is 10.2. The predicted molar refractivity (Wildman–Crippen MR) is 95.5 cm³/mol. The van der Waals surface area contributed by atoms with Gasteiger partial charge in [-0.2, -0.15) is 0 Å². The van der Waals surface area contributed by atoms with Gasteiger partial charge in [-0.3, -0.25) is 5.32 Å². The Morgan fingerprint density at radius 1 is 1.13 bits per heavy atom. The SMILES string of the molecule is CC(C)(C)OC(=O)Nc1ccc(Oc2ccccc2Br)c(Cl)c1. The molecule has 0 aliphatic rings. The minimum Gasteiger partial charge on any atom is -0.455 e. The molecular formula is C17H17BrClNO3. The van der Waals surface area contributed by atoms with Crippen LogP contribution in [0, 0.1) is 0 Å². The number of para-hydroxylation sites is 1. The molecule has 0 saturated carbocycles. The molecule has 0 heterocycles. The highest BCUT2D eigenvalue weighted by molar-refractivity contribution is 9.10. The van der Waals surface area contributed by atoms with E-state index in [9.17, 15) is 4.79 Å². The van der Waals surface area contributed by atoms with Crippen LogP contribution in [-0.4, -0.2) is 11.7 Å². The second-order valence-electron chi connectivity index (χ2n) is 5.80. The second kappa shape index (κ2) is 7.23. The summed E-state index contributed by atoms with van der Waals surface area (Å²) in [6.45, 7) is 5.40. The van der Waals surface area contributed by atoms with Crippen LogP contribution < -0.4 is 10.1 Å². The van der Waals surface area contributed by atoms with Crippen LogP contribution in [0.25, 0.3) is 0 Å². The van der Waals surface area contributed by atoms with E-state index in [4.69, 9.17) is 21.1 Å². The first-order valence-corrected chi connectivity index (χ1v) is 8.13. The topological polar surface area (TPSA) is 47.6 Å². The van der Waals surface area contributed by atoms with Crippen molar-refractivity contribution >= 4 is 39.3 Å². The Hall–Kier alpha value is -1.72. The summed E-state index contributed by atoms with van der Waals surface area (Å²) >= 11 is 9.63. The van der Waals surface area contributed by atoms with E-state index < -0.39 is 11.7 Å². The lowest BCUT2D eigenvalue weighted by Gasteiger charge is -2.19. The zero-order valence-corrected chi connectivity index (χ0v) is 15.4. The van der Waals surface area contributed by atoms with E-state index in [1.165, 1.54) is 0 Å². The van der Waals surface area contributed by atoms with Crippen LogP contribution in [0.5, 0.6) is 11.5 Å². The second-order valence-corrected chi connectivity index (χ2v) is 7.07. The highest BCUT2D eigenvalue weighted by atomic mass is 79.9. The molecule has 0 unspecified atom stereocenters. The minimum absolute atomic E-state index is 0.384. The number of carbonyl (C=O) groups is 1. The van der Waals surface area contributed by atoms with Crippen molar-refractivity contribution in [2.75, 3.05) is 5.32 Å². The van der Waals surface area contributed by atoms with Crippen molar-refractivity contribution < 1.29 is 14.3 Å². The van der Waals surface area contributed by atoms with Gasteiger partial charge < -0.3 is 9.47 Å². The van der Waals surface area contributed by atoms with Gasteiger partial charge in [0, 0.05) is 5.69 Å². The number of nitrogens with one attached hydrogen (secondary N) is 1. The third kappa shape index (κ3) is 5.44. The summed E-state index contributed by atoms with van der Waals surface area (Å²) in [5.74, 6) is 1.15. The van der Waals surface area contributed by atoms with Crippen molar-refractivity contribution in [1.29, 1.82) is 0 Å². The third-order valence-corrected chi connectivity index (χ3v) is 3.58. The Balaban J connectivity index is 2.09. The minimum atomic E-state index is -0.559. The predicted octanol–water partition coefficient (Wildman–Crippen LogP) is 6.24. The first kappa shape index (κ1) is 17.6. The van der Waals surface area contributed by atoms with Crippen molar-refractivity contribution in [3.63, 3.8) is 0 Å². The third-order valence-electron chi connectivity index (χ3n) is 2.63. The molecule has 2 aromatic rings. The highest BCUT2D eigenvalue weighted by Gasteiger charge is 2.16. The number of ether oxygens (including phenoxy) is 2. The fourth-order valence-corrected chi connectivity index (χ4v) is 2.31. The monoisotopic (exact) mass is 397 g/mol. The molecule has 0 saturated heterocycles. The largest absolute Gasteiger partial charge is 0.455 e. The number of halogens is 2. The van der Waals surface area contributed by atoms with E-state index >= 15 is 0 Å². The summed E-state index contributed by atoms with van der Waals surface area (Å²) in [5, 5.41) is 3.01. The van der Waals surface area contributed by atoms with Gasteiger partial charge in [0.25, 0.3) is 0 Å². The molecule has 0 aliphatic carbocycles. The summed E-state index contributed by atoms with van der Waals surface area (Å²) in [7, 11) is 0. The van der Waals surface area contributed by atoms with Gasteiger partial charge in [0.15, 0.2) is 0 Å². The Bertz CT molecular complexity index is 713. The Labute approximate surface area is 148 Å². The molecule has 1 amide bonds. The van der Waals surface area contributed by atoms with Crippen molar-refractivity contribution in [2.45, 2.75) is 26.4 Å². The number of hydrogen-bond acceptors (Lipinski definition) is 3. The maximum absolute atomic E-state index is 11.7. The van der Waals surface area contributed by atoms with Crippen molar-refractivity contribution in [3.05, 3.63) is 52.0 Å². The summed E-state index contributed by atoms with van der Waals surface area (Å²) in [5.41, 5.74) is -0.0278. The fraction of sp³-hybridized carbons (Fsp3) is 0.235. The number of amides is 1. The number of carbonyl (C=O) groups excluding carboxylic acids is 1. The lowest BCUT2D eigenvalue weighted by Crippen LogP contribution is -2.27. The number of anilines is 1.